The average Bonchev–Trinajstić information content (AvgIpc) is 1.56. The van der Waals surface area contributed by atoms with E-state index in [0.717, 1.165) is 34.1 Å². The van der Waals surface area contributed by atoms with Gasteiger partial charge in [0.1, 0.15) is 0 Å². The predicted molar refractivity (Wildman–Crippen MR) is 407 cm³/mol. The zero-order chi connectivity index (χ0) is 64.3. The molecule has 1 aliphatic carbocycles. The van der Waals surface area contributed by atoms with E-state index >= 15 is 0 Å². The Kier molecular flexibility index (Phi) is 18.6. The van der Waals surface area contributed by atoms with Gasteiger partial charge in [-0.1, -0.05) is 271 Å². The first kappa shape index (κ1) is 61.7. The Labute approximate surface area is 563 Å². The molecular weight excluding hydrogens is 1150 g/mol. The molecule has 3 nitrogen and oxygen atoms in total. The summed E-state index contributed by atoms with van der Waals surface area (Å²) in [5.41, 5.74) is 29.2. The SMILES string of the molecule is CCCCCCC1(CCCCCC)c2ccccc2-c2ccc(N(c3ccc(-c4cccc(-c5cccc(-c6ccc(N(C)c7ccccc7)cc6)c5)c4)cc3)c3ccc(-c4cccc(-c5cccc(-c6ccc(N(c7ccccc7)c7ccccc7)cc6)c5)c4)cc3)cc21. The Morgan fingerprint density at radius 2 is 0.516 bits per heavy atom. The highest BCUT2D eigenvalue weighted by atomic mass is 15.1. The molecule has 1 aliphatic rings. The lowest BCUT2D eigenvalue weighted by atomic mass is 9.70. The Morgan fingerprint density at radius 1 is 0.221 bits per heavy atom. The first-order chi connectivity index (χ1) is 46.9. The molecule has 95 heavy (non-hydrogen) atoms. The Balaban J connectivity index is 0.778. The average molecular weight is 1230 g/mol. The molecule has 0 bridgehead atoms. The third kappa shape index (κ3) is 13.3. The molecule has 0 aliphatic heterocycles. The van der Waals surface area contributed by atoms with E-state index in [9.17, 15) is 0 Å². The van der Waals surface area contributed by atoms with Crippen molar-refractivity contribution in [2.45, 2.75) is 83.5 Å². The monoisotopic (exact) mass is 1230 g/mol. The third-order valence-corrected chi connectivity index (χ3v) is 19.7. The maximum Gasteiger partial charge on any atom is 0.0465 e. The summed E-state index contributed by atoms with van der Waals surface area (Å²) in [6.07, 6.45) is 12.3. The van der Waals surface area contributed by atoms with Crippen LogP contribution < -0.4 is 14.7 Å². The van der Waals surface area contributed by atoms with Gasteiger partial charge in [-0.05, 0) is 223 Å². The Morgan fingerprint density at radius 3 is 0.905 bits per heavy atom. The van der Waals surface area contributed by atoms with Gasteiger partial charge >= 0.3 is 0 Å². The van der Waals surface area contributed by atoms with E-state index in [2.05, 4.69) is 363 Å². The molecular formula is C92H83N3. The van der Waals surface area contributed by atoms with Crippen LogP contribution in [-0.4, -0.2) is 7.05 Å². The number of nitrogens with zero attached hydrogens (tertiary/aromatic N) is 3. The molecule has 0 radical (unpaired) electrons. The van der Waals surface area contributed by atoms with Crippen molar-refractivity contribution in [3.8, 4) is 77.9 Å². The lowest BCUT2D eigenvalue weighted by Gasteiger charge is -2.34. The smallest absolute Gasteiger partial charge is 0.0465 e. The summed E-state index contributed by atoms with van der Waals surface area (Å²) in [4.78, 5) is 7.04. The summed E-state index contributed by atoms with van der Waals surface area (Å²) in [5, 5.41) is 0. The molecule has 0 atom stereocenters. The maximum absolute atomic E-state index is 2.59. The first-order valence-corrected chi connectivity index (χ1v) is 34.5. The lowest BCUT2D eigenvalue weighted by Crippen LogP contribution is -2.26. The third-order valence-electron chi connectivity index (χ3n) is 19.7. The largest absolute Gasteiger partial charge is 0.345 e. The number of para-hydroxylation sites is 3. The summed E-state index contributed by atoms with van der Waals surface area (Å²) >= 11 is 0. The minimum absolute atomic E-state index is 0.0420. The number of unbranched alkanes of at least 4 members (excludes halogenated alkanes) is 6. The number of hydrogen-bond donors (Lipinski definition) is 0. The molecule has 0 fully saturated rings. The van der Waals surface area contributed by atoms with Crippen LogP contribution in [0.3, 0.4) is 0 Å². The molecule has 3 heteroatoms. The van der Waals surface area contributed by atoms with Crippen LogP contribution in [0.5, 0.6) is 0 Å². The van der Waals surface area contributed by atoms with Crippen LogP contribution in [0.4, 0.5) is 45.5 Å². The first-order valence-electron chi connectivity index (χ1n) is 34.5. The quantitative estimate of drug-likeness (QED) is 0.0558. The van der Waals surface area contributed by atoms with Crippen molar-refractivity contribution in [1.29, 1.82) is 0 Å². The molecule has 0 amide bonds. The second kappa shape index (κ2) is 28.6. The van der Waals surface area contributed by atoms with Crippen LogP contribution in [-0.2, 0) is 5.41 Å². The van der Waals surface area contributed by atoms with E-state index in [1.807, 2.05) is 0 Å². The van der Waals surface area contributed by atoms with E-state index in [-0.39, 0.29) is 5.41 Å². The standard InChI is InChI=1S/C92H83N3/c1-4-6-8-21-61-92(62-22-9-7-5-2)90-42-20-19-41-88(90)89-60-59-87(67-91(89)92)95(85-55-47-70(48-56-85)74-29-25-32-77(65-74)76-31-23-27-72(63-76)68-43-51-81(52-44-68)93(3)80-35-13-10-14-36-80)86-57-49-71(50-58-86)75-30-26-34-79(66-75)78-33-24-28-73(64-78)69-45-53-84(54-46-69)94(82-37-15-11-16-38-82)83-39-17-12-18-40-83/h10-20,23-60,63-67H,4-9,21-22,61-62H2,1-3H3. The highest BCUT2D eigenvalue weighted by Crippen LogP contribution is 2.56. The molecule has 13 aromatic rings. The van der Waals surface area contributed by atoms with Gasteiger partial charge in [0.25, 0.3) is 0 Å². The van der Waals surface area contributed by atoms with Crippen molar-refractivity contribution in [1.82, 2.24) is 0 Å². The van der Waals surface area contributed by atoms with E-state index in [0.29, 0.717) is 0 Å². The number of fused-ring (bicyclic) bond motifs is 3. The molecule has 0 heterocycles. The number of rotatable bonds is 24. The summed E-state index contributed by atoms with van der Waals surface area (Å²) in [6.45, 7) is 4.66. The molecule has 0 saturated carbocycles. The van der Waals surface area contributed by atoms with Gasteiger partial charge in [-0.2, -0.15) is 0 Å². The van der Waals surface area contributed by atoms with Crippen LogP contribution in [0.2, 0.25) is 0 Å². The van der Waals surface area contributed by atoms with Gasteiger partial charge in [-0.15, -0.1) is 0 Å². The minimum Gasteiger partial charge on any atom is -0.345 e. The van der Waals surface area contributed by atoms with Crippen molar-refractivity contribution >= 4 is 45.5 Å². The lowest BCUT2D eigenvalue weighted by molar-refractivity contribution is 0.401. The fraction of sp³-hybridized carbons (Fsp3) is 0.152. The predicted octanol–water partition coefficient (Wildman–Crippen LogP) is 26.6. The van der Waals surface area contributed by atoms with Crippen molar-refractivity contribution in [2.75, 3.05) is 21.7 Å². The number of benzene rings is 13. The van der Waals surface area contributed by atoms with Gasteiger partial charge in [0.2, 0.25) is 0 Å². The number of hydrogen-bond acceptors (Lipinski definition) is 3. The van der Waals surface area contributed by atoms with Gasteiger partial charge in [0, 0.05) is 58.0 Å². The van der Waals surface area contributed by atoms with Crippen LogP contribution in [0.15, 0.2) is 328 Å². The molecule has 13 aromatic carbocycles. The van der Waals surface area contributed by atoms with E-state index in [1.54, 1.807) is 0 Å². The number of anilines is 8. The second-order valence-electron chi connectivity index (χ2n) is 25.7. The summed E-state index contributed by atoms with van der Waals surface area (Å²) in [5.74, 6) is 0. The molecule has 0 spiro atoms. The molecule has 0 aromatic heterocycles. The zero-order valence-electron chi connectivity index (χ0n) is 55.1. The minimum atomic E-state index is -0.0420. The Hall–Kier alpha value is -10.7. The summed E-state index contributed by atoms with van der Waals surface area (Å²) in [6, 6.07) is 121. The van der Waals surface area contributed by atoms with Gasteiger partial charge < -0.3 is 14.7 Å². The van der Waals surface area contributed by atoms with Crippen LogP contribution in [0, 0.1) is 0 Å². The molecule has 0 saturated heterocycles. The highest BCUT2D eigenvalue weighted by Gasteiger charge is 2.42. The molecule has 0 N–H and O–H groups in total. The van der Waals surface area contributed by atoms with Crippen LogP contribution >= 0.6 is 0 Å². The fourth-order valence-corrected chi connectivity index (χ4v) is 14.6. The summed E-state index contributed by atoms with van der Waals surface area (Å²) in [7, 11) is 2.12. The van der Waals surface area contributed by atoms with Gasteiger partial charge in [-0.25, -0.2) is 0 Å². The zero-order valence-corrected chi connectivity index (χ0v) is 55.1. The molecule has 14 rings (SSSR count). The van der Waals surface area contributed by atoms with Gasteiger partial charge in [-0.3, -0.25) is 0 Å². The Bertz CT molecular complexity index is 4620. The second-order valence-corrected chi connectivity index (χ2v) is 25.7. The van der Waals surface area contributed by atoms with E-state index in [4.69, 9.17) is 0 Å². The molecule has 0 unspecified atom stereocenters. The summed E-state index contributed by atoms with van der Waals surface area (Å²) < 4.78 is 0. The van der Waals surface area contributed by atoms with Crippen molar-refractivity contribution in [3.63, 3.8) is 0 Å². The van der Waals surface area contributed by atoms with Crippen molar-refractivity contribution in [3.05, 3.63) is 339 Å². The topological polar surface area (TPSA) is 9.72 Å². The molecule has 466 valence electrons. The van der Waals surface area contributed by atoms with Gasteiger partial charge in [0.05, 0.1) is 0 Å². The van der Waals surface area contributed by atoms with Crippen LogP contribution in [0.1, 0.15) is 89.2 Å². The van der Waals surface area contributed by atoms with E-state index in [1.165, 1.54) is 165 Å². The van der Waals surface area contributed by atoms with Gasteiger partial charge in [0.15, 0.2) is 0 Å². The van der Waals surface area contributed by atoms with Crippen molar-refractivity contribution in [2.24, 2.45) is 0 Å². The van der Waals surface area contributed by atoms with Crippen molar-refractivity contribution < 1.29 is 0 Å². The van der Waals surface area contributed by atoms with E-state index < -0.39 is 0 Å². The highest BCUT2D eigenvalue weighted by molar-refractivity contribution is 5.88. The fourth-order valence-electron chi connectivity index (χ4n) is 14.6. The maximum atomic E-state index is 2.59. The van der Waals surface area contributed by atoms with Crippen LogP contribution in [0.25, 0.3) is 77.9 Å². The normalized spacial score (nSPS) is 12.0.